The summed E-state index contributed by atoms with van der Waals surface area (Å²) in [4.78, 5) is 11.1. The summed E-state index contributed by atoms with van der Waals surface area (Å²) in [6, 6.07) is 0. The Labute approximate surface area is 87.5 Å². The minimum Gasteiger partial charge on any atom is -0.481 e. The number of carbonyl (C=O) groups is 1. The Morgan fingerprint density at radius 2 is 2.53 bits per heavy atom. The first kappa shape index (κ1) is 10.2. The topological polar surface area (TPSA) is 75.4 Å². The lowest BCUT2D eigenvalue weighted by atomic mass is 9.81. The maximum Gasteiger partial charge on any atom is 0.308 e. The van der Waals surface area contributed by atoms with E-state index in [9.17, 15) is 4.79 Å². The van der Waals surface area contributed by atoms with E-state index in [0.29, 0.717) is 18.7 Å². The van der Waals surface area contributed by atoms with Crippen LogP contribution >= 0.6 is 0 Å². The van der Waals surface area contributed by atoms with Crippen LogP contribution in [0.2, 0.25) is 0 Å². The van der Waals surface area contributed by atoms with Gasteiger partial charge in [-0.15, -0.1) is 0 Å². The van der Waals surface area contributed by atoms with E-state index >= 15 is 0 Å². The van der Waals surface area contributed by atoms with Crippen LogP contribution in [0.4, 0.5) is 0 Å². The van der Waals surface area contributed by atoms with Crippen LogP contribution in [-0.2, 0) is 10.3 Å². The molecule has 1 aromatic rings. The minimum atomic E-state index is -0.775. The van der Waals surface area contributed by atoms with Crippen LogP contribution in [0.3, 0.4) is 0 Å². The molecule has 0 bridgehead atoms. The fourth-order valence-corrected chi connectivity index (χ4v) is 2.34. The lowest BCUT2D eigenvalue weighted by Crippen LogP contribution is -2.42. The summed E-state index contributed by atoms with van der Waals surface area (Å²) < 4.78 is 4.99. The van der Waals surface area contributed by atoms with Crippen molar-refractivity contribution in [2.24, 2.45) is 5.92 Å². The van der Waals surface area contributed by atoms with Crippen LogP contribution < -0.4 is 5.32 Å². The molecule has 2 heterocycles. The zero-order chi connectivity index (χ0) is 11.1. The molecule has 0 amide bonds. The Hall–Kier alpha value is -1.36. The summed E-state index contributed by atoms with van der Waals surface area (Å²) in [5.74, 6) is -0.517. The van der Waals surface area contributed by atoms with Crippen molar-refractivity contribution >= 4 is 5.97 Å². The quantitative estimate of drug-likeness (QED) is 0.758. The van der Waals surface area contributed by atoms with Gasteiger partial charge in [0.1, 0.15) is 5.76 Å². The van der Waals surface area contributed by atoms with Crippen molar-refractivity contribution in [2.45, 2.75) is 25.8 Å². The molecule has 1 fully saturated rings. The lowest BCUT2D eigenvalue weighted by molar-refractivity contribution is -0.143. The van der Waals surface area contributed by atoms with Crippen molar-refractivity contribution in [1.82, 2.24) is 10.5 Å². The average Bonchev–Trinajstić information content (AvgIpc) is 2.72. The van der Waals surface area contributed by atoms with Gasteiger partial charge < -0.3 is 14.9 Å². The summed E-state index contributed by atoms with van der Waals surface area (Å²) in [5, 5.41) is 16.1. The molecular weight excluding hydrogens is 196 g/mol. The van der Waals surface area contributed by atoms with Gasteiger partial charge in [-0.25, -0.2) is 0 Å². The third-order valence-corrected chi connectivity index (χ3v) is 3.23. The molecule has 1 aliphatic rings. The number of aliphatic carboxylic acids is 1. The van der Waals surface area contributed by atoms with Gasteiger partial charge >= 0.3 is 5.97 Å². The van der Waals surface area contributed by atoms with Gasteiger partial charge in [-0.05, 0) is 26.8 Å². The normalized spacial score (nSPS) is 30.7. The van der Waals surface area contributed by atoms with Crippen LogP contribution in [0.25, 0.3) is 0 Å². The number of hydrogen-bond acceptors (Lipinski definition) is 4. The molecule has 0 radical (unpaired) electrons. The Balaban J connectivity index is 2.41. The van der Waals surface area contributed by atoms with Crippen molar-refractivity contribution < 1.29 is 14.4 Å². The maximum atomic E-state index is 11.1. The fraction of sp³-hybridized carbons (Fsp3) is 0.600. The number of carboxylic acid groups (broad SMARTS) is 1. The van der Waals surface area contributed by atoms with Gasteiger partial charge in [-0.1, -0.05) is 5.16 Å². The monoisotopic (exact) mass is 210 g/mol. The Morgan fingerprint density at radius 3 is 3.07 bits per heavy atom. The number of rotatable bonds is 2. The number of aryl methyl sites for hydroxylation is 1. The summed E-state index contributed by atoms with van der Waals surface area (Å²) in [7, 11) is 0. The lowest BCUT2D eigenvalue weighted by Gasteiger charge is -2.28. The van der Waals surface area contributed by atoms with Gasteiger partial charge in [0, 0.05) is 5.56 Å². The van der Waals surface area contributed by atoms with E-state index < -0.39 is 17.4 Å². The zero-order valence-electron chi connectivity index (χ0n) is 8.78. The SMILES string of the molecule is Cc1oncc1C1(C)NCCC1C(=O)O. The molecule has 5 nitrogen and oxygen atoms in total. The standard InChI is InChI=1S/C10H14N2O3/c1-6-8(5-12-15-6)10(2)7(9(13)14)3-4-11-10/h5,7,11H,3-4H2,1-2H3,(H,13,14). The van der Waals surface area contributed by atoms with Crippen LogP contribution in [0, 0.1) is 12.8 Å². The molecular formula is C10H14N2O3. The Bertz CT molecular complexity index is 388. The number of nitrogens with one attached hydrogen (secondary N) is 1. The highest BCUT2D eigenvalue weighted by molar-refractivity contribution is 5.73. The molecule has 2 rings (SSSR count). The first-order chi connectivity index (χ1) is 7.05. The highest BCUT2D eigenvalue weighted by atomic mass is 16.5. The number of hydrogen-bond donors (Lipinski definition) is 2. The van der Waals surface area contributed by atoms with Gasteiger partial charge in [0.15, 0.2) is 0 Å². The number of aromatic nitrogens is 1. The van der Waals surface area contributed by atoms with Gasteiger partial charge in [0.05, 0.1) is 17.7 Å². The second kappa shape index (κ2) is 3.34. The molecule has 15 heavy (non-hydrogen) atoms. The highest BCUT2D eigenvalue weighted by Gasteiger charge is 2.46. The van der Waals surface area contributed by atoms with Crippen molar-refractivity contribution in [3.63, 3.8) is 0 Å². The average molecular weight is 210 g/mol. The largest absolute Gasteiger partial charge is 0.481 e. The first-order valence-corrected chi connectivity index (χ1v) is 4.95. The summed E-state index contributed by atoms with van der Waals surface area (Å²) in [6.07, 6.45) is 2.24. The molecule has 2 N–H and O–H groups in total. The molecule has 0 aliphatic carbocycles. The third kappa shape index (κ3) is 1.43. The minimum absolute atomic E-state index is 0.421. The van der Waals surface area contributed by atoms with Gasteiger partial charge in [0.25, 0.3) is 0 Å². The van der Waals surface area contributed by atoms with Crippen molar-refractivity contribution in [1.29, 1.82) is 0 Å². The summed E-state index contributed by atoms with van der Waals surface area (Å²) >= 11 is 0. The molecule has 1 aliphatic heterocycles. The molecule has 0 aromatic carbocycles. The predicted molar refractivity (Wildman–Crippen MR) is 52.3 cm³/mol. The highest BCUT2D eigenvalue weighted by Crippen LogP contribution is 2.37. The third-order valence-electron chi connectivity index (χ3n) is 3.23. The van der Waals surface area contributed by atoms with Crippen LogP contribution in [0.1, 0.15) is 24.7 Å². The van der Waals surface area contributed by atoms with Gasteiger partial charge in [-0.3, -0.25) is 4.79 Å². The van der Waals surface area contributed by atoms with E-state index in [0.717, 1.165) is 5.56 Å². The van der Waals surface area contributed by atoms with Crippen molar-refractivity contribution in [2.75, 3.05) is 6.54 Å². The number of carboxylic acids is 1. The van der Waals surface area contributed by atoms with Crippen molar-refractivity contribution in [3.05, 3.63) is 17.5 Å². The Kier molecular flexibility index (Phi) is 2.26. The van der Waals surface area contributed by atoms with E-state index in [1.165, 1.54) is 0 Å². The predicted octanol–water partition coefficient (Wildman–Crippen LogP) is 0.892. The van der Waals surface area contributed by atoms with E-state index in [4.69, 9.17) is 9.63 Å². The second-order valence-corrected chi connectivity index (χ2v) is 4.10. The van der Waals surface area contributed by atoms with E-state index in [-0.39, 0.29) is 0 Å². The van der Waals surface area contributed by atoms with Crippen LogP contribution in [0.15, 0.2) is 10.7 Å². The molecule has 82 valence electrons. The van der Waals surface area contributed by atoms with Crippen molar-refractivity contribution in [3.8, 4) is 0 Å². The maximum absolute atomic E-state index is 11.1. The molecule has 0 saturated carbocycles. The first-order valence-electron chi connectivity index (χ1n) is 4.95. The molecule has 1 aromatic heterocycles. The van der Waals surface area contributed by atoms with E-state index in [1.54, 1.807) is 13.1 Å². The van der Waals surface area contributed by atoms with Crippen LogP contribution in [0.5, 0.6) is 0 Å². The Morgan fingerprint density at radius 1 is 1.80 bits per heavy atom. The molecule has 2 atom stereocenters. The van der Waals surface area contributed by atoms with Gasteiger partial charge in [0.2, 0.25) is 0 Å². The fourth-order valence-electron chi connectivity index (χ4n) is 2.34. The molecule has 2 unspecified atom stereocenters. The van der Waals surface area contributed by atoms with E-state index in [2.05, 4.69) is 10.5 Å². The van der Waals surface area contributed by atoms with Crippen LogP contribution in [-0.4, -0.2) is 22.8 Å². The smallest absolute Gasteiger partial charge is 0.308 e. The summed E-state index contributed by atoms with van der Waals surface area (Å²) in [6.45, 7) is 4.39. The number of nitrogens with zero attached hydrogens (tertiary/aromatic N) is 1. The second-order valence-electron chi connectivity index (χ2n) is 4.10. The van der Waals surface area contributed by atoms with Gasteiger partial charge in [-0.2, -0.15) is 0 Å². The van der Waals surface area contributed by atoms with E-state index in [1.807, 2.05) is 6.92 Å². The molecule has 0 spiro atoms. The molecule has 5 heteroatoms. The molecule has 1 saturated heterocycles. The summed E-state index contributed by atoms with van der Waals surface area (Å²) in [5.41, 5.74) is 0.281. The zero-order valence-corrected chi connectivity index (χ0v) is 8.78.